The normalized spacial score (nSPS) is 10.9. The summed E-state index contributed by atoms with van der Waals surface area (Å²) in [6.07, 6.45) is 2.01. The lowest BCUT2D eigenvalue weighted by Crippen LogP contribution is -2.35. The third-order valence-electron chi connectivity index (χ3n) is 1.99. The summed E-state index contributed by atoms with van der Waals surface area (Å²) in [5.41, 5.74) is 4.92. The first-order chi connectivity index (χ1) is 10.1. The van der Waals surface area contributed by atoms with Crippen LogP contribution in [0.5, 0.6) is 0 Å². The number of nitrogens with zero attached hydrogens (tertiary/aromatic N) is 2. The van der Waals surface area contributed by atoms with Gasteiger partial charge in [0.05, 0.1) is 0 Å². The van der Waals surface area contributed by atoms with Gasteiger partial charge in [0.15, 0.2) is 5.96 Å². The highest BCUT2D eigenvalue weighted by Crippen LogP contribution is 2.05. The molecule has 8 nitrogen and oxygen atoms in total. The Labute approximate surface area is 132 Å². The van der Waals surface area contributed by atoms with Gasteiger partial charge >= 0.3 is 12.1 Å². The average Bonchev–Trinajstić information content (AvgIpc) is 2.40. The van der Waals surface area contributed by atoms with E-state index in [2.05, 4.69) is 23.8 Å². The van der Waals surface area contributed by atoms with Crippen LogP contribution in [0.1, 0.15) is 34.1 Å². The van der Waals surface area contributed by atoms with Crippen molar-refractivity contribution in [3.63, 3.8) is 0 Å². The Kier molecular flexibility index (Phi) is 11.4. The van der Waals surface area contributed by atoms with Gasteiger partial charge in [-0.15, -0.1) is 0 Å². The second-order valence-electron chi connectivity index (χ2n) is 5.21. The van der Waals surface area contributed by atoms with E-state index in [0.717, 1.165) is 13.0 Å². The van der Waals surface area contributed by atoms with Crippen molar-refractivity contribution in [2.24, 2.45) is 10.7 Å². The van der Waals surface area contributed by atoms with Gasteiger partial charge in [0.2, 0.25) is 0 Å². The van der Waals surface area contributed by atoms with E-state index < -0.39 is 24.2 Å². The fourth-order valence-electron chi connectivity index (χ4n) is 1.13. The third-order valence-corrected chi connectivity index (χ3v) is 1.99. The molecule has 0 saturated heterocycles. The van der Waals surface area contributed by atoms with E-state index in [1.54, 1.807) is 34.0 Å². The molecular formula is C14H28N4O4. The van der Waals surface area contributed by atoms with Gasteiger partial charge in [-0.3, -0.25) is 9.79 Å². The molecule has 0 fully saturated rings. The Balaban J connectivity index is 0. The van der Waals surface area contributed by atoms with Crippen LogP contribution in [-0.4, -0.2) is 53.8 Å². The number of nitrogens with two attached hydrogens (primary N) is 1. The molecule has 0 saturated carbocycles. The Hall–Kier alpha value is -2.25. The molecule has 128 valence electrons. The van der Waals surface area contributed by atoms with Crippen LogP contribution < -0.4 is 11.1 Å². The van der Waals surface area contributed by atoms with Crippen molar-refractivity contribution in [3.05, 3.63) is 12.8 Å². The van der Waals surface area contributed by atoms with Crippen LogP contribution in [0.2, 0.25) is 0 Å². The fraction of sp³-hybridized carbons (Fsp3) is 0.643. The summed E-state index contributed by atoms with van der Waals surface area (Å²) >= 11 is 0. The number of aliphatic carboxylic acids is 1. The van der Waals surface area contributed by atoms with Crippen LogP contribution in [0.25, 0.3) is 0 Å². The number of alkyl carbamates (subject to hydrolysis) is 1. The van der Waals surface area contributed by atoms with Crippen LogP contribution in [0.15, 0.2) is 17.8 Å². The van der Waals surface area contributed by atoms with Gasteiger partial charge in [0.1, 0.15) is 12.1 Å². The fourth-order valence-corrected chi connectivity index (χ4v) is 1.13. The molecule has 0 aromatic rings. The number of aliphatic imine (C=N–C) groups is 1. The molecule has 0 aliphatic heterocycles. The molecule has 8 heteroatoms. The standard InChI is InChI=1S/C7H15N3.C7H13NO4/c1-4-6-10(5-2)7(8)9-3;1-7(2,3)12-6(11)8-4-5(9)10/h5H,2,4,6H2,1,3H3,(H2,8,9);4H2,1-3H3,(H,8,11)(H,9,10). The van der Waals surface area contributed by atoms with Gasteiger partial charge in [-0.1, -0.05) is 13.5 Å². The van der Waals surface area contributed by atoms with Gasteiger partial charge in [-0.25, -0.2) is 4.79 Å². The molecular weight excluding hydrogens is 288 g/mol. The minimum Gasteiger partial charge on any atom is -0.480 e. The monoisotopic (exact) mass is 316 g/mol. The molecule has 22 heavy (non-hydrogen) atoms. The number of hydrogen-bond donors (Lipinski definition) is 3. The summed E-state index contributed by atoms with van der Waals surface area (Å²) in [7, 11) is 1.67. The van der Waals surface area contributed by atoms with Crippen LogP contribution in [-0.2, 0) is 9.53 Å². The number of amides is 1. The smallest absolute Gasteiger partial charge is 0.408 e. The van der Waals surface area contributed by atoms with Crippen molar-refractivity contribution >= 4 is 18.0 Å². The van der Waals surface area contributed by atoms with Crippen molar-refractivity contribution in [2.75, 3.05) is 20.1 Å². The van der Waals surface area contributed by atoms with E-state index in [9.17, 15) is 9.59 Å². The average molecular weight is 316 g/mol. The summed E-state index contributed by atoms with van der Waals surface area (Å²) in [5, 5.41) is 10.3. The van der Waals surface area contributed by atoms with E-state index in [-0.39, 0.29) is 0 Å². The molecule has 0 spiro atoms. The number of hydrogen-bond acceptors (Lipinski definition) is 4. The maximum absolute atomic E-state index is 10.8. The molecule has 0 rings (SSSR count). The number of carbonyl (C=O) groups is 2. The van der Waals surface area contributed by atoms with Crippen LogP contribution in [0.4, 0.5) is 4.79 Å². The second-order valence-corrected chi connectivity index (χ2v) is 5.21. The highest BCUT2D eigenvalue weighted by molar-refractivity contribution is 5.78. The SMILES string of the molecule is C=CN(CCC)C(N)=NC.CC(C)(C)OC(=O)NCC(=O)O. The lowest BCUT2D eigenvalue weighted by Gasteiger charge is -2.19. The maximum atomic E-state index is 10.8. The van der Waals surface area contributed by atoms with Gasteiger partial charge in [-0.05, 0) is 33.4 Å². The van der Waals surface area contributed by atoms with E-state index in [4.69, 9.17) is 15.6 Å². The van der Waals surface area contributed by atoms with Crippen molar-refractivity contribution in [1.82, 2.24) is 10.2 Å². The number of carboxylic acids is 1. The third kappa shape index (κ3) is 14.2. The minimum absolute atomic E-state index is 0.422. The zero-order valence-corrected chi connectivity index (χ0v) is 14.0. The first-order valence-electron chi connectivity index (χ1n) is 6.87. The topological polar surface area (TPSA) is 117 Å². The molecule has 0 aliphatic rings. The van der Waals surface area contributed by atoms with Gasteiger partial charge in [0, 0.05) is 13.6 Å². The predicted octanol–water partition coefficient (Wildman–Crippen LogP) is 1.38. The van der Waals surface area contributed by atoms with Crippen LogP contribution in [0, 0.1) is 0 Å². The summed E-state index contributed by atoms with van der Waals surface area (Å²) < 4.78 is 4.77. The van der Waals surface area contributed by atoms with Crippen molar-refractivity contribution in [3.8, 4) is 0 Å². The predicted molar refractivity (Wildman–Crippen MR) is 86.6 cm³/mol. The number of ether oxygens (including phenoxy) is 1. The number of nitrogens with one attached hydrogen (secondary N) is 1. The van der Waals surface area contributed by atoms with Gasteiger partial charge in [0.25, 0.3) is 0 Å². The zero-order valence-electron chi connectivity index (χ0n) is 14.0. The maximum Gasteiger partial charge on any atom is 0.408 e. The van der Waals surface area contributed by atoms with Crippen LogP contribution >= 0.6 is 0 Å². The summed E-state index contributed by atoms with van der Waals surface area (Å²) in [4.78, 5) is 26.4. The number of carboxylic acid groups (broad SMARTS) is 1. The van der Waals surface area contributed by atoms with Gasteiger partial charge < -0.3 is 25.8 Å². The van der Waals surface area contributed by atoms with E-state index in [0.29, 0.717) is 5.96 Å². The molecule has 0 radical (unpaired) electrons. The molecule has 0 heterocycles. The quantitative estimate of drug-likeness (QED) is 0.521. The Bertz CT molecular complexity index is 389. The minimum atomic E-state index is -1.10. The molecule has 0 aromatic carbocycles. The number of carbonyl (C=O) groups excluding carboxylic acids is 1. The molecule has 0 aliphatic carbocycles. The number of guanidine groups is 1. The highest BCUT2D eigenvalue weighted by atomic mass is 16.6. The molecule has 0 bridgehead atoms. The van der Waals surface area contributed by atoms with Crippen molar-refractivity contribution < 1.29 is 19.4 Å². The number of rotatable bonds is 5. The van der Waals surface area contributed by atoms with Crippen molar-refractivity contribution in [2.45, 2.75) is 39.7 Å². The molecule has 1 amide bonds. The molecule has 4 N–H and O–H groups in total. The largest absolute Gasteiger partial charge is 0.480 e. The lowest BCUT2D eigenvalue weighted by atomic mass is 10.2. The summed E-state index contributed by atoms with van der Waals surface area (Å²) in [5.74, 6) is -0.572. The van der Waals surface area contributed by atoms with E-state index in [1.165, 1.54) is 0 Å². The highest BCUT2D eigenvalue weighted by Gasteiger charge is 2.16. The first kappa shape index (κ1) is 22.0. The van der Waals surface area contributed by atoms with E-state index in [1.807, 2.05) is 4.90 Å². The Morgan fingerprint density at radius 1 is 1.45 bits per heavy atom. The molecule has 0 aromatic heterocycles. The molecule has 0 unspecified atom stereocenters. The summed E-state index contributed by atoms with van der Waals surface area (Å²) in [6.45, 7) is 11.3. The second kappa shape index (κ2) is 11.4. The van der Waals surface area contributed by atoms with Crippen molar-refractivity contribution in [1.29, 1.82) is 0 Å². The lowest BCUT2D eigenvalue weighted by molar-refractivity contribution is -0.136. The van der Waals surface area contributed by atoms with E-state index >= 15 is 0 Å². The summed E-state index contributed by atoms with van der Waals surface area (Å²) in [6, 6.07) is 0. The van der Waals surface area contributed by atoms with Gasteiger partial charge in [-0.2, -0.15) is 0 Å². The Morgan fingerprint density at radius 3 is 2.32 bits per heavy atom. The van der Waals surface area contributed by atoms with Crippen LogP contribution in [0.3, 0.4) is 0 Å². The first-order valence-corrected chi connectivity index (χ1v) is 6.87. The Morgan fingerprint density at radius 2 is 2.00 bits per heavy atom. The molecule has 0 atom stereocenters. The zero-order chi connectivity index (χ0) is 17.8.